The molecule has 1 heteroatoms. The van der Waals surface area contributed by atoms with E-state index < -0.39 is 0 Å². The molecule has 2 aliphatic carbocycles. The number of aliphatic hydroxyl groups is 1. The fourth-order valence-electron chi connectivity index (χ4n) is 2.91. The Morgan fingerprint density at radius 3 is 2.09 bits per heavy atom. The molecule has 0 unspecified atom stereocenters. The zero-order valence-corrected chi connectivity index (χ0v) is 7.56. The molecule has 64 valence electrons. The second-order valence-electron chi connectivity index (χ2n) is 4.72. The summed E-state index contributed by atoms with van der Waals surface area (Å²) in [5.74, 6) is 0.516. The van der Waals surface area contributed by atoms with Gasteiger partial charge in [0.05, 0.1) is 5.60 Å². The van der Waals surface area contributed by atoms with Crippen molar-refractivity contribution < 1.29 is 5.11 Å². The molecule has 2 atom stereocenters. The van der Waals surface area contributed by atoms with Crippen LogP contribution >= 0.6 is 0 Å². The van der Waals surface area contributed by atoms with Gasteiger partial charge in [-0.2, -0.15) is 0 Å². The Morgan fingerprint density at radius 2 is 1.91 bits per heavy atom. The quantitative estimate of drug-likeness (QED) is 0.568. The van der Waals surface area contributed by atoms with E-state index in [2.05, 4.69) is 6.92 Å². The monoisotopic (exact) mass is 154 g/mol. The molecule has 2 rings (SSSR count). The first-order valence-corrected chi connectivity index (χ1v) is 4.81. The van der Waals surface area contributed by atoms with E-state index in [0.717, 1.165) is 0 Å². The van der Waals surface area contributed by atoms with Gasteiger partial charge in [0.2, 0.25) is 0 Å². The van der Waals surface area contributed by atoms with Gasteiger partial charge in [0.15, 0.2) is 0 Å². The maximum absolute atomic E-state index is 10.2. The Labute approximate surface area is 68.8 Å². The average Bonchev–Trinajstić information content (AvgIpc) is 2.04. The van der Waals surface area contributed by atoms with Gasteiger partial charge in [-0.1, -0.05) is 13.3 Å². The van der Waals surface area contributed by atoms with E-state index in [1.54, 1.807) is 0 Å². The summed E-state index contributed by atoms with van der Waals surface area (Å²) in [6.07, 6.45) is 6.37. The van der Waals surface area contributed by atoms with Crippen LogP contribution < -0.4 is 0 Å². The average molecular weight is 154 g/mol. The molecule has 0 heterocycles. The third kappa shape index (κ3) is 0.752. The lowest BCUT2D eigenvalue weighted by Crippen LogP contribution is -2.49. The van der Waals surface area contributed by atoms with Gasteiger partial charge >= 0.3 is 0 Å². The molecular weight excluding hydrogens is 136 g/mol. The first kappa shape index (κ1) is 7.60. The third-order valence-corrected chi connectivity index (χ3v) is 4.40. The van der Waals surface area contributed by atoms with Crippen molar-refractivity contribution in [3.63, 3.8) is 0 Å². The minimum Gasteiger partial charge on any atom is -0.389 e. The van der Waals surface area contributed by atoms with Gasteiger partial charge in [0.1, 0.15) is 0 Å². The minimum absolute atomic E-state index is 0.340. The molecule has 0 bridgehead atoms. The lowest BCUT2D eigenvalue weighted by Gasteiger charge is -2.49. The molecule has 2 saturated carbocycles. The molecule has 2 fully saturated rings. The predicted octanol–water partition coefficient (Wildman–Crippen LogP) is 2.34. The lowest BCUT2D eigenvalue weighted by atomic mass is 9.60. The van der Waals surface area contributed by atoms with E-state index in [1.807, 2.05) is 6.92 Å². The van der Waals surface area contributed by atoms with Crippen molar-refractivity contribution in [3.8, 4) is 0 Å². The van der Waals surface area contributed by atoms with Crippen molar-refractivity contribution in [2.75, 3.05) is 0 Å². The Morgan fingerprint density at radius 1 is 1.27 bits per heavy atom. The van der Waals surface area contributed by atoms with Crippen LogP contribution in [0, 0.1) is 11.3 Å². The van der Waals surface area contributed by atoms with Crippen LogP contribution in [0.15, 0.2) is 0 Å². The molecular formula is C10H18O. The van der Waals surface area contributed by atoms with Gasteiger partial charge in [0.25, 0.3) is 0 Å². The van der Waals surface area contributed by atoms with Crippen molar-refractivity contribution in [1.29, 1.82) is 0 Å². The molecule has 1 N–H and O–H groups in total. The molecule has 2 aliphatic rings. The number of hydrogen-bond acceptors (Lipinski definition) is 1. The highest BCUT2D eigenvalue weighted by atomic mass is 16.3. The van der Waals surface area contributed by atoms with Crippen molar-refractivity contribution in [1.82, 2.24) is 0 Å². The van der Waals surface area contributed by atoms with E-state index in [-0.39, 0.29) is 5.60 Å². The fraction of sp³-hybridized carbons (Fsp3) is 1.00. The van der Waals surface area contributed by atoms with Crippen molar-refractivity contribution in [2.45, 2.75) is 51.6 Å². The number of rotatable bonds is 0. The first-order chi connectivity index (χ1) is 5.08. The van der Waals surface area contributed by atoms with Crippen LogP contribution in [-0.2, 0) is 0 Å². The zero-order chi connectivity index (χ0) is 8.11. The summed E-state index contributed by atoms with van der Waals surface area (Å²) < 4.78 is 0. The molecule has 0 aromatic rings. The van der Waals surface area contributed by atoms with Gasteiger partial charge in [-0.15, -0.1) is 0 Å². The minimum atomic E-state index is -0.356. The standard InChI is InChI=1S/C10H18O/c1-8-4-7-10(5-3-6-10)9(8,2)11/h8,11H,3-7H2,1-2H3/t8-,9-/m0/s1. The fourth-order valence-corrected chi connectivity index (χ4v) is 2.91. The predicted molar refractivity (Wildman–Crippen MR) is 45.3 cm³/mol. The highest BCUT2D eigenvalue weighted by Crippen LogP contribution is 2.60. The Hall–Kier alpha value is -0.0400. The Kier molecular flexibility index (Phi) is 1.39. The Bertz CT molecular complexity index is 168. The van der Waals surface area contributed by atoms with Crippen molar-refractivity contribution in [3.05, 3.63) is 0 Å². The SMILES string of the molecule is C[C@H]1CCC2(CCC2)[C@@]1(C)O. The first-order valence-electron chi connectivity index (χ1n) is 4.81. The Balaban J connectivity index is 2.24. The maximum atomic E-state index is 10.2. The molecule has 0 aromatic carbocycles. The topological polar surface area (TPSA) is 20.2 Å². The third-order valence-electron chi connectivity index (χ3n) is 4.40. The summed E-state index contributed by atoms with van der Waals surface area (Å²) in [4.78, 5) is 0. The number of hydrogen-bond donors (Lipinski definition) is 1. The second kappa shape index (κ2) is 2.01. The smallest absolute Gasteiger partial charge is 0.0701 e. The molecule has 1 nitrogen and oxygen atoms in total. The van der Waals surface area contributed by atoms with Crippen LogP contribution in [0.5, 0.6) is 0 Å². The van der Waals surface area contributed by atoms with E-state index in [1.165, 1.54) is 32.1 Å². The summed E-state index contributed by atoms with van der Waals surface area (Å²) in [5, 5.41) is 10.2. The lowest BCUT2D eigenvalue weighted by molar-refractivity contribution is -0.111. The molecule has 11 heavy (non-hydrogen) atoms. The van der Waals surface area contributed by atoms with E-state index >= 15 is 0 Å². The molecule has 1 spiro atoms. The normalized spacial score (nSPS) is 47.7. The molecule has 0 radical (unpaired) electrons. The van der Waals surface area contributed by atoms with Crippen LogP contribution in [0.25, 0.3) is 0 Å². The molecule has 0 amide bonds. The van der Waals surface area contributed by atoms with Crippen LogP contribution in [0.1, 0.15) is 46.0 Å². The highest BCUT2D eigenvalue weighted by Gasteiger charge is 2.57. The van der Waals surface area contributed by atoms with Crippen molar-refractivity contribution in [2.24, 2.45) is 11.3 Å². The van der Waals surface area contributed by atoms with E-state index in [9.17, 15) is 5.11 Å². The zero-order valence-electron chi connectivity index (χ0n) is 7.56. The van der Waals surface area contributed by atoms with E-state index in [0.29, 0.717) is 11.3 Å². The maximum Gasteiger partial charge on any atom is 0.0701 e. The van der Waals surface area contributed by atoms with Crippen molar-refractivity contribution >= 4 is 0 Å². The molecule has 0 saturated heterocycles. The van der Waals surface area contributed by atoms with Crippen LogP contribution in [0.4, 0.5) is 0 Å². The van der Waals surface area contributed by atoms with Gasteiger partial charge < -0.3 is 5.11 Å². The summed E-state index contributed by atoms with van der Waals surface area (Å²) in [6.45, 7) is 4.23. The summed E-state index contributed by atoms with van der Waals surface area (Å²) in [6, 6.07) is 0. The van der Waals surface area contributed by atoms with E-state index in [4.69, 9.17) is 0 Å². The van der Waals surface area contributed by atoms with Crippen LogP contribution in [0.3, 0.4) is 0 Å². The summed E-state index contributed by atoms with van der Waals surface area (Å²) in [5.41, 5.74) is -0.0162. The largest absolute Gasteiger partial charge is 0.389 e. The van der Waals surface area contributed by atoms with Gasteiger partial charge in [-0.3, -0.25) is 0 Å². The van der Waals surface area contributed by atoms with Crippen LogP contribution in [0.2, 0.25) is 0 Å². The van der Waals surface area contributed by atoms with Gasteiger partial charge in [-0.25, -0.2) is 0 Å². The second-order valence-corrected chi connectivity index (χ2v) is 4.72. The highest BCUT2D eigenvalue weighted by molar-refractivity contribution is 5.08. The molecule has 0 aromatic heterocycles. The van der Waals surface area contributed by atoms with Gasteiger partial charge in [0, 0.05) is 0 Å². The summed E-state index contributed by atoms with van der Waals surface area (Å²) in [7, 11) is 0. The van der Waals surface area contributed by atoms with Crippen LogP contribution in [-0.4, -0.2) is 10.7 Å². The molecule has 0 aliphatic heterocycles. The summed E-state index contributed by atoms with van der Waals surface area (Å²) >= 11 is 0. The van der Waals surface area contributed by atoms with Gasteiger partial charge in [-0.05, 0) is 43.9 Å².